The van der Waals surface area contributed by atoms with Gasteiger partial charge in [-0.3, -0.25) is 9.69 Å². The molecular weight excluding hydrogens is 234 g/mol. The Labute approximate surface area is 109 Å². The standard InChI is InChI=1S/C12H25N3OS/c1-11(15-8-6-13-7-9-15)12(16)14-5-3-4-10-17-2/h11,13H,3-10H2,1-2H3,(H,14,16). The van der Waals surface area contributed by atoms with Crippen molar-refractivity contribution in [1.29, 1.82) is 0 Å². The van der Waals surface area contributed by atoms with Crippen molar-refractivity contribution in [2.24, 2.45) is 0 Å². The van der Waals surface area contributed by atoms with Crippen LogP contribution in [0.5, 0.6) is 0 Å². The molecule has 1 fully saturated rings. The number of carbonyl (C=O) groups excluding carboxylic acids is 1. The zero-order chi connectivity index (χ0) is 12.5. The Morgan fingerprint density at radius 1 is 1.41 bits per heavy atom. The van der Waals surface area contributed by atoms with Crippen molar-refractivity contribution in [1.82, 2.24) is 15.5 Å². The highest BCUT2D eigenvalue weighted by atomic mass is 32.2. The Morgan fingerprint density at radius 3 is 2.76 bits per heavy atom. The molecule has 2 N–H and O–H groups in total. The first kappa shape index (κ1) is 14.8. The molecule has 1 aliphatic heterocycles. The summed E-state index contributed by atoms with van der Waals surface area (Å²) in [6.07, 6.45) is 4.38. The van der Waals surface area contributed by atoms with Crippen LogP contribution in [0.25, 0.3) is 0 Å². The van der Waals surface area contributed by atoms with Gasteiger partial charge in [-0.05, 0) is 31.8 Å². The number of piperazine rings is 1. The summed E-state index contributed by atoms with van der Waals surface area (Å²) in [7, 11) is 0. The summed E-state index contributed by atoms with van der Waals surface area (Å²) in [4.78, 5) is 14.1. The molecule has 0 aromatic rings. The average molecular weight is 259 g/mol. The van der Waals surface area contributed by atoms with Gasteiger partial charge in [0.05, 0.1) is 6.04 Å². The Bertz CT molecular complexity index is 220. The summed E-state index contributed by atoms with van der Waals surface area (Å²) < 4.78 is 0. The number of hydrogen-bond donors (Lipinski definition) is 2. The summed E-state index contributed by atoms with van der Waals surface area (Å²) in [5, 5.41) is 6.33. The summed E-state index contributed by atoms with van der Waals surface area (Å²) in [6, 6.07) is 0.0117. The molecule has 1 amide bonds. The fourth-order valence-electron chi connectivity index (χ4n) is 1.97. The third-order valence-corrected chi connectivity index (χ3v) is 3.85. The van der Waals surface area contributed by atoms with Crippen LogP contribution in [-0.4, -0.2) is 61.6 Å². The fourth-order valence-corrected chi connectivity index (χ4v) is 2.46. The van der Waals surface area contributed by atoms with E-state index in [1.807, 2.05) is 18.7 Å². The van der Waals surface area contributed by atoms with Crippen LogP contribution in [0, 0.1) is 0 Å². The maximum atomic E-state index is 11.9. The highest BCUT2D eigenvalue weighted by molar-refractivity contribution is 7.98. The number of amides is 1. The minimum atomic E-state index is 0.0117. The van der Waals surface area contributed by atoms with Gasteiger partial charge in [-0.1, -0.05) is 0 Å². The molecule has 1 unspecified atom stereocenters. The summed E-state index contributed by atoms with van der Waals surface area (Å²) in [5.74, 6) is 1.36. The molecule has 1 heterocycles. The molecule has 1 saturated heterocycles. The molecule has 0 spiro atoms. The molecule has 4 nitrogen and oxygen atoms in total. The zero-order valence-electron chi connectivity index (χ0n) is 11.0. The van der Waals surface area contributed by atoms with E-state index in [2.05, 4.69) is 21.8 Å². The predicted molar refractivity (Wildman–Crippen MR) is 74.5 cm³/mol. The number of rotatable bonds is 7. The smallest absolute Gasteiger partial charge is 0.237 e. The summed E-state index contributed by atoms with van der Waals surface area (Å²) in [5.41, 5.74) is 0. The third-order valence-electron chi connectivity index (χ3n) is 3.15. The van der Waals surface area contributed by atoms with E-state index in [1.54, 1.807) is 0 Å². The molecule has 0 aromatic heterocycles. The molecule has 1 rings (SSSR count). The minimum Gasteiger partial charge on any atom is -0.355 e. The average Bonchev–Trinajstić information content (AvgIpc) is 2.38. The van der Waals surface area contributed by atoms with Gasteiger partial charge in [0.15, 0.2) is 0 Å². The molecule has 100 valence electrons. The lowest BCUT2D eigenvalue weighted by Gasteiger charge is -2.31. The highest BCUT2D eigenvalue weighted by Crippen LogP contribution is 2.02. The first-order chi connectivity index (χ1) is 8.25. The Morgan fingerprint density at radius 2 is 2.12 bits per heavy atom. The Balaban J connectivity index is 2.13. The first-order valence-electron chi connectivity index (χ1n) is 6.47. The van der Waals surface area contributed by atoms with Gasteiger partial charge in [0.1, 0.15) is 0 Å². The van der Waals surface area contributed by atoms with E-state index in [4.69, 9.17) is 0 Å². The quantitative estimate of drug-likeness (QED) is 0.655. The molecule has 5 heteroatoms. The maximum absolute atomic E-state index is 11.9. The van der Waals surface area contributed by atoms with Gasteiger partial charge in [0, 0.05) is 32.7 Å². The Kier molecular flexibility index (Phi) is 7.64. The number of nitrogens with zero attached hydrogens (tertiary/aromatic N) is 1. The molecule has 17 heavy (non-hydrogen) atoms. The molecule has 0 radical (unpaired) electrons. The van der Waals surface area contributed by atoms with Crippen LogP contribution < -0.4 is 10.6 Å². The van der Waals surface area contributed by atoms with E-state index in [1.165, 1.54) is 12.2 Å². The van der Waals surface area contributed by atoms with Gasteiger partial charge in [-0.2, -0.15) is 11.8 Å². The molecular formula is C12H25N3OS. The maximum Gasteiger partial charge on any atom is 0.237 e. The van der Waals surface area contributed by atoms with Gasteiger partial charge in [0.25, 0.3) is 0 Å². The third kappa shape index (κ3) is 5.75. The van der Waals surface area contributed by atoms with E-state index in [0.717, 1.165) is 39.1 Å². The van der Waals surface area contributed by atoms with Crippen LogP contribution >= 0.6 is 11.8 Å². The van der Waals surface area contributed by atoms with Crippen LogP contribution in [0.1, 0.15) is 19.8 Å². The van der Waals surface area contributed by atoms with Gasteiger partial charge in [0.2, 0.25) is 5.91 Å². The van der Waals surface area contributed by atoms with Gasteiger partial charge >= 0.3 is 0 Å². The number of unbranched alkanes of at least 4 members (excludes halogenated alkanes) is 1. The van der Waals surface area contributed by atoms with Crippen LogP contribution in [0.2, 0.25) is 0 Å². The molecule has 0 aliphatic carbocycles. The second-order valence-corrected chi connectivity index (χ2v) is 5.44. The molecule has 1 aliphatic rings. The number of hydrogen-bond acceptors (Lipinski definition) is 4. The van der Waals surface area contributed by atoms with Crippen molar-refractivity contribution < 1.29 is 4.79 Å². The van der Waals surface area contributed by atoms with Crippen molar-refractivity contribution in [2.45, 2.75) is 25.8 Å². The van der Waals surface area contributed by atoms with Crippen molar-refractivity contribution >= 4 is 17.7 Å². The van der Waals surface area contributed by atoms with Crippen LogP contribution in [-0.2, 0) is 4.79 Å². The monoisotopic (exact) mass is 259 g/mol. The van der Waals surface area contributed by atoms with E-state index in [-0.39, 0.29) is 11.9 Å². The van der Waals surface area contributed by atoms with Crippen LogP contribution in [0.15, 0.2) is 0 Å². The number of carbonyl (C=O) groups is 1. The second-order valence-electron chi connectivity index (χ2n) is 4.45. The van der Waals surface area contributed by atoms with Gasteiger partial charge in [-0.15, -0.1) is 0 Å². The van der Waals surface area contributed by atoms with Crippen molar-refractivity contribution in [3.63, 3.8) is 0 Å². The lowest BCUT2D eigenvalue weighted by molar-refractivity contribution is -0.126. The second kappa shape index (κ2) is 8.78. The van der Waals surface area contributed by atoms with Crippen molar-refractivity contribution in [3.8, 4) is 0 Å². The molecule has 1 atom stereocenters. The van der Waals surface area contributed by atoms with Crippen LogP contribution in [0.4, 0.5) is 0 Å². The minimum absolute atomic E-state index is 0.0117. The van der Waals surface area contributed by atoms with E-state index in [0.29, 0.717) is 0 Å². The lowest BCUT2D eigenvalue weighted by atomic mass is 10.2. The zero-order valence-corrected chi connectivity index (χ0v) is 11.8. The van der Waals surface area contributed by atoms with Gasteiger partial charge in [-0.25, -0.2) is 0 Å². The SMILES string of the molecule is CSCCCCNC(=O)C(C)N1CCNCC1. The molecule has 0 aromatic carbocycles. The molecule has 0 bridgehead atoms. The summed E-state index contributed by atoms with van der Waals surface area (Å²) in [6.45, 7) is 6.75. The Hall–Kier alpha value is -0.260. The van der Waals surface area contributed by atoms with E-state index >= 15 is 0 Å². The van der Waals surface area contributed by atoms with E-state index in [9.17, 15) is 4.79 Å². The first-order valence-corrected chi connectivity index (χ1v) is 7.86. The number of nitrogens with one attached hydrogen (secondary N) is 2. The fraction of sp³-hybridized carbons (Fsp3) is 0.917. The topological polar surface area (TPSA) is 44.4 Å². The normalized spacial score (nSPS) is 18.9. The van der Waals surface area contributed by atoms with Gasteiger partial charge < -0.3 is 10.6 Å². The van der Waals surface area contributed by atoms with E-state index < -0.39 is 0 Å². The van der Waals surface area contributed by atoms with Crippen LogP contribution in [0.3, 0.4) is 0 Å². The predicted octanol–water partition coefficient (Wildman–Crippen LogP) is 0.540. The molecule has 0 saturated carbocycles. The largest absolute Gasteiger partial charge is 0.355 e. The summed E-state index contributed by atoms with van der Waals surface area (Å²) >= 11 is 1.86. The lowest BCUT2D eigenvalue weighted by Crippen LogP contribution is -2.52. The van der Waals surface area contributed by atoms with Crippen molar-refractivity contribution in [3.05, 3.63) is 0 Å². The highest BCUT2D eigenvalue weighted by Gasteiger charge is 2.21. The number of thioether (sulfide) groups is 1. The van der Waals surface area contributed by atoms with Crippen molar-refractivity contribution in [2.75, 3.05) is 44.7 Å².